The maximum Gasteiger partial charge on any atom is 0.337 e. The summed E-state index contributed by atoms with van der Waals surface area (Å²) in [6.07, 6.45) is 2.65. The number of hydrogen-bond acceptors (Lipinski definition) is 5. The Hall–Kier alpha value is -2.96. The van der Waals surface area contributed by atoms with Gasteiger partial charge in [-0.05, 0) is 24.3 Å². The minimum Gasteiger partial charge on any atom is -0.478 e. The van der Waals surface area contributed by atoms with Crippen molar-refractivity contribution in [3.05, 3.63) is 47.8 Å². The van der Waals surface area contributed by atoms with Crippen LogP contribution >= 0.6 is 0 Å². The van der Waals surface area contributed by atoms with E-state index in [4.69, 9.17) is 10.8 Å². The summed E-state index contributed by atoms with van der Waals surface area (Å²) in [7, 11) is 0. The molecular weight excluding hydrogens is 248 g/mol. The highest BCUT2D eigenvalue weighted by Gasteiger charge is 2.14. The number of nitrogens with two attached hydrogens (primary N) is 1. The number of nitrogens with one attached hydrogen (secondary N) is 1. The first-order valence-electron chi connectivity index (χ1n) is 5.29. The fourth-order valence-electron chi connectivity index (χ4n) is 1.47. The van der Waals surface area contributed by atoms with Gasteiger partial charge in [-0.2, -0.15) is 10.2 Å². The van der Waals surface area contributed by atoms with Crippen molar-refractivity contribution in [1.82, 2.24) is 10.2 Å². The third-order valence-electron chi connectivity index (χ3n) is 2.37. The summed E-state index contributed by atoms with van der Waals surface area (Å²) < 4.78 is 0. The number of aromatic nitrogens is 2. The molecule has 0 spiro atoms. The van der Waals surface area contributed by atoms with Crippen LogP contribution < -0.4 is 11.1 Å². The minimum absolute atomic E-state index is 0.0374. The maximum atomic E-state index is 11.9. The van der Waals surface area contributed by atoms with E-state index in [9.17, 15) is 9.59 Å². The smallest absolute Gasteiger partial charge is 0.337 e. The molecule has 2 rings (SSSR count). The molecule has 1 aromatic heterocycles. The molecular formula is C12H10N4O3. The van der Waals surface area contributed by atoms with Gasteiger partial charge in [0, 0.05) is 5.69 Å². The Morgan fingerprint density at radius 2 is 2.00 bits per heavy atom. The lowest BCUT2D eigenvalue weighted by Gasteiger charge is -2.09. The number of aromatic carboxylic acids is 1. The molecule has 2 aromatic rings. The Labute approximate surface area is 108 Å². The lowest BCUT2D eigenvalue weighted by molar-refractivity contribution is 0.0698. The summed E-state index contributed by atoms with van der Waals surface area (Å²) in [5.74, 6) is -1.63. The van der Waals surface area contributed by atoms with Crippen LogP contribution in [-0.2, 0) is 0 Å². The van der Waals surface area contributed by atoms with E-state index in [0.717, 1.165) is 0 Å². The van der Waals surface area contributed by atoms with Gasteiger partial charge in [0.2, 0.25) is 0 Å². The van der Waals surface area contributed by atoms with Crippen LogP contribution in [0, 0.1) is 0 Å². The molecule has 4 N–H and O–H groups in total. The Bertz CT molecular complexity index is 628. The quantitative estimate of drug-likeness (QED) is 0.707. The molecule has 19 heavy (non-hydrogen) atoms. The molecule has 0 saturated carbocycles. The number of benzene rings is 1. The van der Waals surface area contributed by atoms with E-state index >= 15 is 0 Å². The van der Waals surface area contributed by atoms with Gasteiger partial charge in [-0.1, -0.05) is 0 Å². The Morgan fingerprint density at radius 3 is 2.63 bits per heavy atom. The SMILES string of the molecule is Nc1ccc(C(=O)O)c(NC(=O)c2ccnnc2)c1. The Kier molecular flexibility index (Phi) is 3.37. The molecule has 7 heteroatoms. The molecule has 0 radical (unpaired) electrons. The first-order chi connectivity index (χ1) is 9.08. The number of carboxylic acid groups (broad SMARTS) is 1. The van der Waals surface area contributed by atoms with Crippen molar-refractivity contribution in [1.29, 1.82) is 0 Å². The molecule has 0 aliphatic rings. The lowest BCUT2D eigenvalue weighted by Crippen LogP contribution is -2.15. The Balaban J connectivity index is 2.31. The average molecular weight is 258 g/mol. The third kappa shape index (κ3) is 2.83. The summed E-state index contributed by atoms with van der Waals surface area (Å²) in [6, 6.07) is 5.64. The highest BCUT2D eigenvalue weighted by Crippen LogP contribution is 2.20. The summed E-state index contributed by atoms with van der Waals surface area (Å²) in [6.45, 7) is 0. The summed E-state index contributed by atoms with van der Waals surface area (Å²) >= 11 is 0. The molecule has 0 atom stereocenters. The van der Waals surface area contributed by atoms with Crippen molar-refractivity contribution in [3.63, 3.8) is 0 Å². The zero-order chi connectivity index (χ0) is 13.8. The van der Waals surface area contributed by atoms with Crippen LogP contribution in [0.2, 0.25) is 0 Å². The number of hydrogen-bond donors (Lipinski definition) is 3. The number of carbonyl (C=O) groups is 2. The molecule has 0 aliphatic carbocycles. The molecule has 1 amide bonds. The summed E-state index contributed by atoms with van der Waals surface area (Å²) in [5.41, 5.74) is 6.30. The van der Waals surface area contributed by atoms with Crippen molar-refractivity contribution in [2.75, 3.05) is 11.1 Å². The number of carbonyl (C=O) groups excluding carboxylic acids is 1. The topological polar surface area (TPSA) is 118 Å². The predicted molar refractivity (Wildman–Crippen MR) is 67.8 cm³/mol. The van der Waals surface area contributed by atoms with Crippen LogP contribution in [0.5, 0.6) is 0 Å². The van der Waals surface area contributed by atoms with Gasteiger partial charge in [0.1, 0.15) is 0 Å². The van der Waals surface area contributed by atoms with Crippen LogP contribution in [0.15, 0.2) is 36.7 Å². The van der Waals surface area contributed by atoms with Crippen LogP contribution in [0.1, 0.15) is 20.7 Å². The zero-order valence-corrected chi connectivity index (χ0v) is 9.70. The van der Waals surface area contributed by atoms with Gasteiger partial charge in [0.05, 0.1) is 29.2 Å². The molecule has 7 nitrogen and oxygen atoms in total. The number of nitrogen functional groups attached to an aromatic ring is 1. The fourth-order valence-corrected chi connectivity index (χ4v) is 1.47. The molecule has 0 aliphatic heterocycles. The van der Waals surface area contributed by atoms with E-state index in [1.54, 1.807) is 0 Å². The van der Waals surface area contributed by atoms with Gasteiger partial charge in [0.25, 0.3) is 5.91 Å². The molecule has 0 fully saturated rings. The molecule has 1 aromatic carbocycles. The highest BCUT2D eigenvalue weighted by atomic mass is 16.4. The summed E-state index contributed by atoms with van der Waals surface area (Å²) in [4.78, 5) is 22.9. The molecule has 0 saturated heterocycles. The Morgan fingerprint density at radius 1 is 1.21 bits per heavy atom. The van der Waals surface area contributed by atoms with E-state index in [2.05, 4.69) is 15.5 Å². The molecule has 1 heterocycles. The van der Waals surface area contributed by atoms with Crippen molar-refractivity contribution >= 4 is 23.3 Å². The van der Waals surface area contributed by atoms with Crippen molar-refractivity contribution in [3.8, 4) is 0 Å². The van der Waals surface area contributed by atoms with Gasteiger partial charge in [0.15, 0.2) is 0 Å². The number of rotatable bonds is 3. The second-order valence-corrected chi connectivity index (χ2v) is 3.70. The van der Waals surface area contributed by atoms with Crippen LogP contribution in [0.3, 0.4) is 0 Å². The normalized spacial score (nSPS) is 9.89. The van der Waals surface area contributed by atoms with E-state index < -0.39 is 11.9 Å². The minimum atomic E-state index is -1.15. The van der Waals surface area contributed by atoms with E-state index in [0.29, 0.717) is 5.69 Å². The monoisotopic (exact) mass is 258 g/mol. The molecule has 0 bridgehead atoms. The van der Waals surface area contributed by atoms with Crippen LogP contribution in [0.25, 0.3) is 0 Å². The van der Waals surface area contributed by atoms with Gasteiger partial charge in [-0.25, -0.2) is 4.79 Å². The third-order valence-corrected chi connectivity index (χ3v) is 2.37. The second kappa shape index (κ2) is 5.13. The van der Waals surface area contributed by atoms with Gasteiger partial charge >= 0.3 is 5.97 Å². The highest BCUT2D eigenvalue weighted by molar-refractivity contribution is 6.07. The predicted octanol–water partition coefficient (Wildman–Crippen LogP) is 1.01. The van der Waals surface area contributed by atoms with Crippen molar-refractivity contribution in [2.45, 2.75) is 0 Å². The van der Waals surface area contributed by atoms with Gasteiger partial charge in [-0.3, -0.25) is 4.79 Å². The van der Waals surface area contributed by atoms with Gasteiger partial charge in [-0.15, -0.1) is 0 Å². The van der Waals surface area contributed by atoms with Gasteiger partial charge < -0.3 is 16.2 Å². The summed E-state index contributed by atoms with van der Waals surface area (Å²) in [5, 5.41) is 18.6. The molecule has 96 valence electrons. The maximum absolute atomic E-state index is 11.9. The van der Waals surface area contributed by atoms with E-state index in [-0.39, 0.29) is 16.8 Å². The van der Waals surface area contributed by atoms with Crippen LogP contribution in [0.4, 0.5) is 11.4 Å². The van der Waals surface area contributed by atoms with Crippen molar-refractivity contribution in [2.24, 2.45) is 0 Å². The van der Waals surface area contributed by atoms with Crippen molar-refractivity contribution < 1.29 is 14.7 Å². The average Bonchev–Trinajstić information content (AvgIpc) is 2.39. The largest absolute Gasteiger partial charge is 0.478 e. The number of nitrogens with zero attached hydrogens (tertiary/aromatic N) is 2. The molecule has 0 unspecified atom stereocenters. The van der Waals surface area contributed by atoms with E-state index in [1.807, 2.05) is 0 Å². The first kappa shape index (κ1) is 12.5. The number of amides is 1. The number of carboxylic acids is 1. The zero-order valence-electron chi connectivity index (χ0n) is 9.70. The van der Waals surface area contributed by atoms with E-state index in [1.165, 1.54) is 36.7 Å². The first-order valence-corrected chi connectivity index (χ1v) is 5.29. The number of anilines is 2. The standard InChI is InChI=1S/C12H10N4O3/c13-8-1-2-9(12(18)19)10(5-8)16-11(17)7-3-4-14-15-6-7/h1-6H,13H2,(H,16,17)(H,18,19). The fraction of sp³-hybridized carbons (Fsp3) is 0. The van der Waals surface area contributed by atoms with Crippen LogP contribution in [-0.4, -0.2) is 27.2 Å². The lowest BCUT2D eigenvalue weighted by atomic mass is 10.1. The second-order valence-electron chi connectivity index (χ2n) is 3.70.